The van der Waals surface area contributed by atoms with Crippen LogP contribution in [0.5, 0.6) is 0 Å². The highest BCUT2D eigenvalue weighted by atomic mass is 32.1. The van der Waals surface area contributed by atoms with Crippen LogP contribution in [0.1, 0.15) is 22.3 Å². The van der Waals surface area contributed by atoms with Crippen LogP contribution in [-0.4, -0.2) is 56.3 Å². The summed E-state index contributed by atoms with van der Waals surface area (Å²) in [6.07, 6.45) is 0. The van der Waals surface area contributed by atoms with Crippen molar-refractivity contribution in [2.75, 3.05) is 31.1 Å². The molecule has 0 aliphatic carbocycles. The number of thiophene rings is 1. The van der Waals surface area contributed by atoms with Crippen molar-refractivity contribution in [3.63, 3.8) is 0 Å². The maximum Gasteiger partial charge on any atom is 0.186 e. The smallest absolute Gasteiger partial charge is 0.186 e. The van der Waals surface area contributed by atoms with Gasteiger partial charge in [-0.1, -0.05) is 59.9 Å². The SMILES string of the molecule is c1ccc(Cn2nnnc2[C@H](c2cccs2)N2CCN(c3nc4ccccc4s3)CC2)cc1. The first kappa shape index (κ1) is 20.5. The molecule has 7 nitrogen and oxygen atoms in total. The molecule has 166 valence electrons. The number of anilines is 1. The van der Waals surface area contributed by atoms with Gasteiger partial charge >= 0.3 is 0 Å². The van der Waals surface area contributed by atoms with Gasteiger partial charge in [0.05, 0.1) is 16.8 Å². The van der Waals surface area contributed by atoms with Gasteiger partial charge in [-0.2, -0.15) is 0 Å². The highest BCUT2D eigenvalue weighted by molar-refractivity contribution is 7.22. The molecule has 3 aromatic heterocycles. The van der Waals surface area contributed by atoms with Crippen LogP contribution in [0, 0.1) is 0 Å². The van der Waals surface area contributed by atoms with Crippen molar-refractivity contribution >= 4 is 38.0 Å². The van der Waals surface area contributed by atoms with E-state index in [-0.39, 0.29) is 6.04 Å². The minimum Gasteiger partial charge on any atom is -0.345 e. The molecule has 0 amide bonds. The lowest BCUT2D eigenvalue weighted by molar-refractivity contribution is 0.204. The molecule has 0 radical (unpaired) electrons. The molecule has 1 aliphatic heterocycles. The molecule has 1 aliphatic rings. The Labute approximate surface area is 199 Å². The summed E-state index contributed by atoms with van der Waals surface area (Å²) in [5.41, 5.74) is 2.27. The number of piperazine rings is 1. The van der Waals surface area contributed by atoms with E-state index >= 15 is 0 Å². The van der Waals surface area contributed by atoms with Crippen molar-refractivity contribution in [3.05, 3.63) is 88.4 Å². The maximum atomic E-state index is 4.86. The Morgan fingerprint density at radius 2 is 1.70 bits per heavy atom. The van der Waals surface area contributed by atoms with E-state index in [0.29, 0.717) is 6.54 Å². The van der Waals surface area contributed by atoms with E-state index < -0.39 is 0 Å². The normalized spacial score (nSPS) is 15.8. The topological polar surface area (TPSA) is 63.0 Å². The van der Waals surface area contributed by atoms with E-state index in [1.54, 1.807) is 22.7 Å². The van der Waals surface area contributed by atoms with Gasteiger partial charge in [0.1, 0.15) is 6.04 Å². The Bertz CT molecular complexity index is 1290. The number of fused-ring (bicyclic) bond motifs is 1. The van der Waals surface area contributed by atoms with Gasteiger partial charge in [-0.3, -0.25) is 4.90 Å². The summed E-state index contributed by atoms with van der Waals surface area (Å²) in [5.74, 6) is 0.898. The number of aromatic nitrogens is 5. The molecule has 0 unspecified atom stereocenters. The predicted octanol–water partition coefficient (Wildman–Crippen LogP) is 4.30. The van der Waals surface area contributed by atoms with Gasteiger partial charge < -0.3 is 4.90 Å². The lowest BCUT2D eigenvalue weighted by Gasteiger charge is -2.38. The first-order valence-corrected chi connectivity index (χ1v) is 12.7. The highest BCUT2D eigenvalue weighted by Gasteiger charge is 2.32. The molecule has 0 spiro atoms. The minimum absolute atomic E-state index is 0.0428. The first-order valence-electron chi connectivity index (χ1n) is 11.0. The van der Waals surface area contributed by atoms with E-state index in [0.717, 1.165) is 42.7 Å². The predicted molar refractivity (Wildman–Crippen MR) is 133 cm³/mol. The van der Waals surface area contributed by atoms with Gasteiger partial charge in [0.2, 0.25) is 0 Å². The fourth-order valence-corrected chi connectivity index (χ4v) is 6.23. The first-order chi connectivity index (χ1) is 16.3. The summed E-state index contributed by atoms with van der Waals surface area (Å²) >= 11 is 3.54. The molecular formula is C24H23N7S2. The maximum absolute atomic E-state index is 4.86. The summed E-state index contributed by atoms with van der Waals surface area (Å²) in [6, 6.07) is 23.1. The number of para-hydroxylation sites is 1. The zero-order valence-corrected chi connectivity index (χ0v) is 19.6. The summed E-state index contributed by atoms with van der Waals surface area (Å²) in [4.78, 5) is 11.0. The Kier molecular flexibility index (Phi) is 5.59. The molecule has 33 heavy (non-hydrogen) atoms. The molecule has 6 rings (SSSR count). The van der Waals surface area contributed by atoms with Crippen LogP contribution in [0.15, 0.2) is 72.1 Å². The lowest BCUT2D eigenvalue weighted by Crippen LogP contribution is -2.48. The van der Waals surface area contributed by atoms with Crippen molar-refractivity contribution in [2.45, 2.75) is 12.6 Å². The average Bonchev–Trinajstić information content (AvgIpc) is 3.62. The molecule has 0 bridgehead atoms. The third-order valence-corrected chi connectivity index (χ3v) is 8.05. The Balaban J connectivity index is 1.24. The zero-order chi connectivity index (χ0) is 22.0. The molecule has 1 fully saturated rings. The monoisotopic (exact) mass is 473 g/mol. The van der Waals surface area contributed by atoms with Crippen LogP contribution >= 0.6 is 22.7 Å². The van der Waals surface area contributed by atoms with Gasteiger partial charge in [0.15, 0.2) is 11.0 Å². The molecule has 9 heteroatoms. The van der Waals surface area contributed by atoms with E-state index in [9.17, 15) is 0 Å². The van der Waals surface area contributed by atoms with Crippen LogP contribution in [0.4, 0.5) is 5.13 Å². The second-order valence-electron chi connectivity index (χ2n) is 8.09. The number of benzene rings is 2. The van der Waals surface area contributed by atoms with Crippen LogP contribution in [0.3, 0.4) is 0 Å². The Hall–Kier alpha value is -3.14. The summed E-state index contributed by atoms with van der Waals surface area (Å²) in [6.45, 7) is 4.38. The number of thiazole rings is 1. The van der Waals surface area contributed by atoms with Gasteiger partial charge in [-0.05, 0) is 39.6 Å². The fraction of sp³-hybridized carbons (Fsp3) is 0.250. The zero-order valence-electron chi connectivity index (χ0n) is 18.0. The highest BCUT2D eigenvalue weighted by Crippen LogP contribution is 2.34. The van der Waals surface area contributed by atoms with E-state index in [1.165, 1.54) is 15.1 Å². The molecule has 1 saturated heterocycles. The Morgan fingerprint density at radius 3 is 2.48 bits per heavy atom. The molecular weight excluding hydrogens is 450 g/mol. The van der Waals surface area contributed by atoms with Crippen LogP contribution in [0.2, 0.25) is 0 Å². The average molecular weight is 474 g/mol. The standard InChI is InChI=1S/C24H23N7S2/c1-2-7-18(8-3-1)17-31-23(26-27-28-31)22(21-11-6-16-32-21)29-12-14-30(15-13-29)24-25-19-9-4-5-10-20(19)33-24/h1-11,16,22H,12-15,17H2/t22-/m0/s1. The molecule has 4 heterocycles. The largest absolute Gasteiger partial charge is 0.345 e. The van der Waals surface area contributed by atoms with Crippen molar-refractivity contribution in [1.82, 2.24) is 30.1 Å². The van der Waals surface area contributed by atoms with Gasteiger partial charge in [0.25, 0.3) is 0 Å². The van der Waals surface area contributed by atoms with Crippen molar-refractivity contribution in [3.8, 4) is 0 Å². The molecule has 2 aromatic carbocycles. The lowest BCUT2D eigenvalue weighted by atomic mass is 10.1. The van der Waals surface area contributed by atoms with Crippen molar-refractivity contribution in [2.24, 2.45) is 0 Å². The summed E-state index contributed by atoms with van der Waals surface area (Å²) in [5, 5.41) is 16.1. The number of hydrogen-bond donors (Lipinski definition) is 0. The van der Waals surface area contributed by atoms with Crippen molar-refractivity contribution in [1.29, 1.82) is 0 Å². The fourth-order valence-electron chi connectivity index (χ4n) is 4.36. The second-order valence-corrected chi connectivity index (χ2v) is 10.1. The van der Waals surface area contributed by atoms with Crippen LogP contribution < -0.4 is 4.90 Å². The van der Waals surface area contributed by atoms with E-state index in [4.69, 9.17) is 4.98 Å². The molecule has 1 atom stereocenters. The number of rotatable bonds is 6. The van der Waals surface area contributed by atoms with Gasteiger partial charge in [-0.25, -0.2) is 9.67 Å². The third-order valence-electron chi connectivity index (χ3n) is 6.02. The second kappa shape index (κ2) is 9.01. The minimum atomic E-state index is 0.0428. The van der Waals surface area contributed by atoms with Crippen LogP contribution in [-0.2, 0) is 6.54 Å². The molecule has 0 N–H and O–H groups in total. The summed E-state index contributed by atoms with van der Waals surface area (Å²) in [7, 11) is 0. The number of hydrogen-bond acceptors (Lipinski definition) is 8. The Morgan fingerprint density at radius 1 is 0.879 bits per heavy atom. The summed E-state index contributed by atoms with van der Waals surface area (Å²) < 4.78 is 3.19. The van der Waals surface area contributed by atoms with E-state index in [1.807, 2.05) is 10.7 Å². The van der Waals surface area contributed by atoms with Crippen molar-refractivity contribution < 1.29 is 0 Å². The van der Waals surface area contributed by atoms with Gasteiger partial charge in [0, 0.05) is 31.1 Å². The molecule has 5 aromatic rings. The number of tetrazole rings is 1. The van der Waals surface area contributed by atoms with Gasteiger partial charge in [-0.15, -0.1) is 16.4 Å². The molecule has 0 saturated carbocycles. The van der Waals surface area contributed by atoms with Crippen LogP contribution in [0.25, 0.3) is 10.2 Å². The number of nitrogens with zero attached hydrogens (tertiary/aromatic N) is 7. The quantitative estimate of drug-likeness (QED) is 0.366. The third kappa shape index (κ3) is 4.15. The van der Waals surface area contributed by atoms with E-state index in [2.05, 4.69) is 91.4 Å².